The third-order valence-corrected chi connectivity index (χ3v) is 4.25. The van der Waals surface area contributed by atoms with E-state index in [1.807, 2.05) is 6.07 Å². The summed E-state index contributed by atoms with van der Waals surface area (Å²) in [7, 11) is 1.72. The van der Waals surface area contributed by atoms with Crippen molar-refractivity contribution in [3.05, 3.63) is 64.2 Å². The molecule has 0 amide bonds. The zero-order valence-electron chi connectivity index (χ0n) is 14.1. The summed E-state index contributed by atoms with van der Waals surface area (Å²) in [5, 5.41) is 0. The maximum Gasteiger partial charge on any atom is 0.122 e. The van der Waals surface area contributed by atoms with Gasteiger partial charge in [-0.3, -0.25) is 0 Å². The lowest BCUT2D eigenvalue weighted by Gasteiger charge is -2.10. The number of unbranched alkanes of at least 4 members (excludes halogenated alkanes) is 1. The second kappa shape index (κ2) is 7.84. The van der Waals surface area contributed by atoms with Crippen molar-refractivity contribution in [3.8, 4) is 5.75 Å². The van der Waals surface area contributed by atoms with Crippen molar-refractivity contribution in [3.63, 3.8) is 0 Å². The van der Waals surface area contributed by atoms with Crippen LogP contribution in [-0.2, 0) is 6.42 Å². The Morgan fingerprint density at radius 2 is 1.64 bits per heavy atom. The van der Waals surface area contributed by atoms with Crippen molar-refractivity contribution in [1.82, 2.24) is 0 Å². The van der Waals surface area contributed by atoms with Crippen molar-refractivity contribution >= 4 is 12.2 Å². The van der Waals surface area contributed by atoms with E-state index in [2.05, 4.69) is 63.3 Å². The minimum Gasteiger partial charge on any atom is -0.496 e. The maximum atomic E-state index is 5.36. The average molecular weight is 294 g/mol. The smallest absolute Gasteiger partial charge is 0.122 e. The zero-order chi connectivity index (χ0) is 15.9. The van der Waals surface area contributed by atoms with E-state index in [1.54, 1.807) is 7.11 Å². The maximum absolute atomic E-state index is 5.36. The summed E-state index contributed by atoms with van der Waals surface area (Å²) in [5.74, 6) is 0.954. The van der Waals surface area contributed by atoms with Crippen molar-refractivity contribution < 1.29 is 4.74 Å². The van der Waals surface area contributed by atoms with E-state index in [0.717, 1.165) is 5.75 Å². The Balaban J connectivity index is 2.13. The van der Waals surface area contributed by atoms with Gasteiger partial charge in [0.2, 0.25) is 0 Å². The molecule has 0 aliphatic heterocycles. The highest BCUT2D eigenvalue weighted by atomic mass is 16.5. The number of benzene rings is 2. The summed E-state index contributed by atoms with van der Waals surface area (Å²) in [6.45, 7) is 6.48. The Bertz CT molecular complexity index is 636. The number of methoxy groups -OCH3 is 1. The summed E-state index contributed by atoms with van der Waals surface area (Å²) in [6, 6.07) is 13.0. The molecule has 0 saturated carbocycles. The van der Waals surface area contributed by atoms with E-state index in [1.165, 1.54) is 47.1 Å². The minimum absolute atomic E-state index is 0.954. The number of hydrogen-bond donors (Lipinski definition) is 0. The van der Waals surface area contributed by atoms with E-state index in [4.69, 9.17) is 4.74 Å². The van der Waals surface area contributed by atoms with Crippen molar-refractivity contribution in [2.24, 2.45) is 0 Å². The van der Waals surface area contributed by atoms with Crippen LogP contribution in [-0.4, -0.2) is 7.11 Å². The fourth-order valence-electron chi connectivity index (χ4n) is 2.58. The van der Waals surface area contributed by atoms with Gasteiger partial charge in [-0.25, -0.2) is 0 Å². The molecule has 0 aliphatic rings. The highest BCUT2D eigenvalue weighted by Crippen LogP contribution is 2.25. The lowest BCUT2D eigenvalue weighted by atomic mass is 10.0. The summed E-state index contributed by atoms with van der Waals surface area (Å²) in [5.41, 5.74) is 6.40. The molecule has 1 heteroatoms. The second-order valence-corrected chi connectivity index (χ2v) is 5.79. The minimum atomic E-state index is 0.954. The summed E-state index contributed by atoms with van der Waals surface area (Å²) < 4.78 is 5.36. The van der Waals surface area contributed by atoms with Crippen LogP contribution < -0.4 is 4.74 Å². The van der Waals surface area contributed by atoms with E-state index in [0.29, 0.717) is 0 Å². The quantitative estimate of drug-likeness (QED) is 0.609. The molecular weight excluding hydrogens is 268 g/mol. The number of ether oxygens (including phenoxy) is 1. The Hall–Kier alpha value is -2.02. The van der Waals surface area contributed by atoms with Crippen LogP contribution in [0.15, 0.2) is 36.4 Å². The van der Waals surface area contributed by atoms with Gasteiger partial charge in [-0.2, -0.15) is 0 Å². The van der Waals surface area contributed by atoms with Gasteiger partial charge in [-0.1, -0.05) is 55.8 Å². The summed E-state index contributed by atoms with van der Waals surface area (Å²) >= 11 is 0. The fourth-order valence-corrected chi connectivity index (χ4v) is 2.58. The first-order valence-electron chi connectivity index (χ1n) is 8.07. The first-order valence-corrected chi connectivity index (χ1v) is 8.07. The molecule has 22 heavy (non-hydrogen) atoms. The van der Waals surface area contributed by atoms with Crippen LogP contribution >= 0.6 is 0 Å². The highest BCUT2D eigenvalue weighted by molar-refractivity contribution is 5.72. The monoisotopic (exact) mass is 294 g/mol. The molecule has 0 unspecified atom stereocenters. The van der Waals surface area contributed by atoms with Crippen LogP contribution in [0.25, 0.3) is 12.2 Å². The van der Waals surface area contributed by atoms with Gasteiger partial charge in [-0.05, 0) is 60.6 Å². The summed E-state index contributed by atoms with van der Waals surface area (Å²) in [6.07, 6.45) is 8.05. The predicted octanol–water partition coefficient (Wildman–Crippen LogP) is 5.83. The molecule has 2 aromatic carbocycles. The van der Waals surface area contributed by atoms with Gasteiger partial charge in [0.05, 0.1) is 7.11 Å². The first-order chi connectivity index (χ1) is 10.7. The number of rotatable bonds is 6. The van der Waals surface area contributed by atoms with Crippen LogP contribution in [0.1, 0.15) is 47.6 Å². The molecule has 0 aliphatic carbocycles. The third kappa shape index (κ3) is 4.00. The van der Waals surface area contributed by atoms with Crippen LogP contribution in [0, 0.1) is 13.8 Å². The van der Waals surface area contributed by atoms with Crippen LogP contribution in [0.2, 0.25) is 0 Å². The summed E-state index contributed by atoms with van der Waals surface area (Å²) in [4.78, 5) is 0. The number of hydrogen-bond acceptors (Lipinski definition) is 1. The van der Waals surface area contributed by atoms with Crippen LogP contribution in [0.5, 0.6) is 5.75 Å². The molecule has 0 N–H and O–H groups in total. The molecule has 2 rings (SSSR count). The van der Waals surface area contributed by atoms with Crippen molar-refractivity contribution in [1.29, 1.82) is 0 Å². The largest absolute Gasteiger partial charge is 0.496 e. The molecular formula is C21H26O. The van der Waals surface area contributed by atoms with Gasteiger partial charge < -0.3 is 4.74 Å². The fraction of sp³-hybridized carbons (Fsp3) is 0.333. The first kappa shape index (κ1) is 16.4. The Morgan fingerprint density at radius 3 is 2.27 bits per heavy atom. The predicted molar refractivity (Wildman–Crippen MR) is 96.5 cm³/mol. The molecule has 0 bridgehead atoms. The second-order valence-electron chi connectivity index (χ2n) is 5.79. The van der Waals surface area contributed by atoms with Crippen molar-refractivity contribution in [2.75, 3.05) is 7.11 Å². The molecule has 0 radical (unpaired) electrons. The molecule has 0 heterocycles. The highest BCUT2D eigenvalue weighted by Gasteiger charge is 2.04. The molecule has 2 aromatic rings. The van der Waals surface area contributed by atoms with Gasteiger partial charge in [0.1, 0.15) is 5.75 Å². The van der Waals surface area contributed by atoms with Gasteiger partial charge in [0.15, 0.2) is 0 Å². The SMILES string of the molecule is CCCCc1ccc(C=Cc2ccc(OC)c(C)c2C)cc1. The molecule has 0 fully saturated rings. The Labute approximate surface area is 134 Å². The molecule has 0 aromatic heterocycles. The average Bonchev–Trinajstić information content (AvgIpc) is 2.55. The molecule has 0 spiro atoms. The standard InChI is InChI=1S/C21H26O/c1-5-6-7-18-8-10-19(11-9-18)12-13-20-14-15-21(22-4)17(3)16(20)2/h8-15H,5-7H2,1-4H3. The van der Waals surface area contributed by atoms with Crippen LogP contribution in [0.4, 0.5) is 0 Å². The van der Waals surface area contributed by atoms with Gasteiger partial charge in [0, 0.05) is 0 Å². The van der Waals surface area contributed by atoms with E-state index in [-0.39, 0.29) is 0 Å². The van der Waals surface area contributed by atoms with E-state index < -0.39 is 0 Å². The normalized spacial score (nSPS) is 11.1. The topological polar surface area (TPSA) is 9.23 Å². The third-order valence-electron chi connectivity index (χ3n) is 4.25. The van der Waals surface area contributed by atoms with Crippen molar-refractivity contribution in [2.45, 2.75) is 40.0 Å². The molecule has 0 atom stereocenters. The lowest BCUT2D eigenvalue weighted by Crippen LogP contribution is -1.92. The van der Waals surface area contributed by atoms with E-state index in [9.17, 15) is 0 Å². The molecule has 0 saturated heterocycles. The molecule has 1 nitrogen and oxygen atoms in total. The van der Waals surface area contributed by atoms with Gasteiger partial charge in [-0.15, -0.1) is 0 Å². The number of aryl methyl sites for hydroxylation is 1. The van der Waals surface area contributed by atoms with E-state index >= 15 is 0 Å². The Morgan fingerprint density at radius 1 is 0.909 bits per heavy atom. The molecule has 116 valence electrons. The van der Waals surface area contributed by atoms with Gasteiger partial charge in [0.25, 0.3) is 0 Å². The Kier molecular flexibility index (Phi) is 5.83. The lowest BCUT2D eigenvalue weighted by molar-refractivity contribution is 0.411. The van der Waals surface area contributed by atoms with Crippen LogP contribution in [0.3, 0.4) is 0 Å². The zero-order valence-corrected chi connectivity index (χ0v) is 14.1. The van der Waals surface area contributed by atoms with Gasteiger partial charge >= 0.3 is 0 Å².